The third kappa shape index (κ3) is 13.0. The molecule has 2 N–H and O–H groups in total. The third-order valence-corrected chi connectivity index (χ3v) is 0.903. The molecule has 0 aliphatic carbocycles. The van der Waals surface area contributed by atoms with Crippen LogP contribution in [-0.2, 0) is 9.59 Å². The summed E-state index contributed by atoms with van der Waals surface area (Å²) in [5.41, 5.74) is 0. The van der Waals surface area contributed by atoms with Crippen molar-refractivity contribution in [2.24, 2.45) is 0 Å². The van der Waals surface area contributed by atoms with Crippen LogP contribution in [0, 0.1) is 0 Å². The number of carboxylic acid groups (broad SMARTS) is 1. The van der Waals surface area contributed by atoms with Gasteiger partial charge in [-0.1, -0.05) is 0 Å². The van der Waals surface area contributed by atoms with E-state index in [2.05, 4.69) is 5.32 Å². The maximum atomic E-state index is 10.1. The van der Waals surface area contributed by atoms with Crippen molar-refractivity contribution < 1.29 is 45.7 Å². The van der Waals surface area contributed by atoms with E-state index in [1.165, 1.54) is 0 Å². The van der Waals surface area contributed by atoms with Gasteiger partial charge < -0.3 is 11.8 Å². The van der Waals surface area contributed by atoms with E-state index in [-0.39, 0.29) is 36.9 Å². The van der Waals surface area contributed by atoms with E-state index in [4.69, 9.17) is 9.90 Å². The first kappa shape index (κ1) is 13.5. The summed E-state index contributed by atoms with van der Waals surface area (Å²) in [4.78, 5) is 19.1. The van der Waals surface area contributed by atoms with Gasteiger partial charge >= 0.3 is 29.6 Å². The Hall–Kier alpha value is -0.0600. The zero-order valence-corrected chi connectivity index (χ0v) is 8.89. The fourth-order valence-electron chi connectivity index (χ4n) is 0.565. The average molecular weight is 169 g/mol. The first-order valence-corrected chi connectivity index (χ1v) is 3.09. The Balaban J connectivity index is -0.000000124. The largest absolute Gasteiger partial charge is 1.00 e. The number of hydrogen-bond donors (Lipinski definition) is 2. The monoisotopic (exact) mass is 169 g/mol. The fraction of sp³-hybridized carbons (Fsp3) is 0.667. The molecular formula is C6H12NNaO3. The molecule has 1 rings (SSSR count). The van der Waals surface area contributed by atoms with Gasteiger partial charge in [-0.15, -0.1) is 0 Å². The number of hydrogen-bond acceptors (Lipinski definition) is 2. The molecular weight excluding hydrogens is 157 g/mol. The first-order chi connectivity index (χ1) is 4.63. The number of aliphatic carboxylic acids is 1. The van der Waals surface area contributed by atoms with Crippen molar-refractivity contribution in [1.82, 2.24) is 5.32 Å². The summed E-state index contributed by atoms with van der Waals surface area (Å²) in [6, 6.07) is 0. The van der Waals surface area contributed by atoms with Crippen molar-refractivity contribution in [2.75, 3.05) is 6.54 Å². The summed E-state index contributed by atoms with van der Waals surface area (Å²) in [6.07, 6.45) is 1.76. The molecule has 11 heavy (non-hydrogen) atoms. The summed E-state index contributed by atoms with van der Waals surface area (Å²) in [7, 11) is 0. The Morgan fingerprint density at radius 1 is 1.73 bits per heavy atom. The van der Waals surface area contributed by atoms with Crippen molar-refractivity contribution in [3.05, 3.63) is 0 Å². The van der Waals surface area contributed by atoms with Crippen molar-refractivity contribution >= 4 is 11.9 Å². The molecule has 1 heterocycles. The maximum Gasteiger partial charge on any atom is 1.00 e. The van der Waals surface area contributed by atoms with Crippen LogP contribution in [0.2, 0.25) is 0 Å². The molecule has 0 radical (unpaired) electrons. The Bertz CT molecular complexity index is 131. The Labute approximate surface area is 89.1 Å². The smallest absolute Gasteiger partial charge is 1.00 e. The maximum absolute atomic E-state index is 10.1. The number of carboxylic acids is 1. The number of carbonyl (C=O) groups excluding carboxylic acids is 1. The zero-order valence-electron chi connectivity index (χ0n) is 7.89. The molecule has 0 unspecified atom stereocenters. The summed E-state index contributed by atoms with van der Waals surface area (Å²) in [5, 5.41) is 10.1. The van der Waals surface area contributed by atoms with E-state index in [1.54, 1.807) is 0 Å². The quantitative estimate of drug-likeness (QED) is 0.382. The Morgan fingerprint density at radius 3 is 2.27 bits per heavy atom. The van der Waals surface area contributed by atoms with Crippen molar-refractivity contribution in [2.45, 2.75) is 19.8 Å². The minimum absolute atomic E-state index is 0. The summed E-state index contributed by atoms with van der Waals surface area (Å²) in [6.45, 7) is 1.97. The van der Waals surface area contributed by atoms with Gasteiger partial charge in [0.25, 0.3) is 5.97 Å². The van der Waals surface area contributed by atoms with Gasteiger partial charge in [0.15, 0.2) is 0 Å². The molecule has 1 aliphatic heterocycles. The second-order valence-electron chi connectivity index (χ2n) is 1.97. The molecule has 1 amide bonds. The standard InChI is InChI=1S/C4H7NO.C2H4O2.Na.H/c6-4-2-1-3-5-4;1-2(3)4;;/h1-3H2,(H,5,6);1H3,(H,3,4);;/q;;+1;-1. The average Bonchev–Trinajstić information content (AvgIpc) is 2.15. The van der Waals surface area contributed by atoms with Crippen molar-refractivity contribution in [3.63, 3.8) is 0 Å². The van der Waals surface area contributed by atoms with Gasteiger partial charge in [-0.2, -0.15) is 0 Å². The normalized spacial score (nSPS) is 13.7. The van der Waals surface area contributed by atoms with Crippen molar-refractivity contribution in [3.8, 4) is 0 Å². The molecule has 0 spiro atoms. The molecule has 1 fully saturated rings. The van der Waals surface area contributed by atoms with Crippen LogP contribution in [-0.4, -0.2) is 23.5 Å². The SMILES string of the molecule is CC(=O)O.O=C1CCCN1.[H-].[Na+]. The second-order valence-corrected chi connectivity index (χ2v) is 1.97. The molecule has 0 aromatic carbocycles. The predicted molar refractivity (Wildman–Crippen MR) is 36.7 cm³/mol. The van der Waals surface area contributed by atoms with E-state index in [0.29, 0.717) is 0 Å². The molecule has 1 saturated heterocycles. The van der Waals surface area contributed by atoms with Gasteiger partial charge in [0.2, 0.25) is 5.91 Å². The number of carbonyl (C=O) groups is 2. The van der Waals surface area contributed by atoms with Gasteiger partial charge in [0, 0.05) is 19.9 Å². The topological polar surface area (TPSA) is 66.4 Å². The predicted octanol–water partition coefficient (Wildman–Crippen LogP) is -2.90. The van der Waals surface area contributed by atoms with E-state index in [0.717, 1.165) is 26.3 Å². The number of rotatable bonds is 0. The van der Waals surface area contributed by atoms with Gasteiger partial charge in [0.1, 0.15) is 0 Å². The molecule has 4 nitrogen and oxygen atoms in total. The molecule has 0 aromatic heterocycles. The van der Waals surface area contributed by atoms with E-state index >= 15 is 0 Å². The van der Waals surface area contributed by atoms with Gasteiger partial charge in [-0.25, -0.2) is 0 Å². The van der Waals surface area contributed by atoms with E-state index in [9.17, 15) is 4.79 Å². The fourth-order valence-corrected chi connectivity index (χ4v) is 0.565. The second kappa shape index (κ2) is 8.04. The molecule has 0 saturated carbocycles. The van der Waals surface area contributed by atoms with Gasteiger partial charge in [-0.3, -0.25) is 9.59 Å². The molecule has 0 atom stereocenters. The molecule has 60 valence electrons. The van der Waals surface area contributed by atoms with Crippen LogP contribution in [0.15, 0.2) is 0 Å². The van der Waals surface area contributed by atoms with Gasteiger partial charge in [0.05, 0.1) is 0 Å². The number of nitrogens with one attached hydrogen (secondary N) is 1. The van der Waals surface area contributed by atoms with Gasteiger partial charge in [-0.05, 0) is 6.42 Å². The van der Waals surface area contributed by atoms with Crippen LogP contribution in [0.1, 0.15) is 21.2 Å². The molecule has 5 heteroatoms. The molecule has 0 aromatic rings. The van der Waals surface area contributed by atoms with E-state index in [1.807, 2.05) is 0 Å². The van der Waals surface area contributed by atoms with Crippen molar-refractivity contribution in [1.29, 1.82) is 0 Å². The minimum atomic E-state index is -0.833. The molecule has 1 aliphatic rings. The summed E-state index contributed by atoms with van der Waals surface area (Å²) < 4.78 is 0. The Kier molecular flexibility index (Phi) is 9.89. The summed E-state index contributed by atoms with van der Waals surface area (Å²) >= 11 is 0. The van der Waals surface area contributed by atoms with Crippen LogP contribution in [0.25, 0.3) is 0 Å². The third-order valence-electron chi connectivity index (χ3n) is 0.903. The first-order valence-electron chi connectivity index (χ1n) is 3.09. The van der Waals surface area contributed by atoms with E-state index < -0.39 is 5.97 Å². The van der Waals surface area contributed by atoms with Crippen LogP contribution < -0.4 is 34.9 Å². The summed E-state index contributed by atoms with van der Waals surface area (Å²) in [5.74, 6) is -0.630. The molecule has 0 bridgehead atoms. The minimum Gasteiger partial charge on any atom is -1.00 e. The van der Waals surface area contributed by atoms with Crippen LogP contribution in [0.4, 0.5) is 0 Å². The van der Waals surface area contributed by atoms with Crippen LogP contribution in [0.3, 0.4) is 0 Å². The zero-order chi connectivity index (χ0) is 7.98. The number of amides is 1. The van der Waals surface area contributed by atoms with Crippen LogP contribution in [0.5, 0.6) is 0 Å². The van der Waals surface area contributed by atoms with Crippen LogP contribution >= 0.6 is 0 Å². The Morgan fingerprint density at radius 2 is 2.18 bits per heavy atom.